The van der Waals surface area contributed by atoms with E-state index in [1.807, 2.05) is 0 Å². The molecule has 0 aromatic carbocycles. The first kappa shape index (κ1) is 22.4. The first-order valence-electron chi connectivity index (χ1n) is 1.00. The molecule has 46 valence electrons. The van der Waals surface area contributed by atoms with Crippen molar-refractivity contribution in [2.45, 2.75) is 0 Å². The summed E-state index contributed by atoms with van der Waals surface area (Å²) in [5, 5.41) is 0. The molecule has 0 rings (SSSR count). The molecule has 0 aliphatic carbocycles. The van der Waals surface area contributed by atoms with Crippen LogP contribution in [0.25, 0.3) is 0 Å². The molecule has 0 aliphatic heterocycles. The zero-order valence-electron chi connectivity index (χ0n) is 4.48. The minimum atomic E-state index is -5.17. The maximum absolute atomic E-state index is 8.52. The van der Waals surface area contributed by atoms with Crippen LogP contribution in [-0.2, 0) is 10.4 Å². The van der Waals surface area contributed by atoms with Gasteiger partial charge in [0.15, 0.2) is 0 Å². The largest absolute Gasteiger partial charge is 3.00 e. The zero-order chi connectivity index (χ0) is 6.50. The average molecular weight is 195 g/mol. The number of rotatable bonds is 0. The summed E-state index contributed by atoms with van der Waals surface area (Å²) in [6, 6.07) is 0. The molecule has 0 aromatic rings. The van der Waals surface area contributed by atoms with Crippen molar-refractivity contribution in [3.8, 4) is 0 Å². The predicted molar refractivity (Wildman–Crippen MR) is 30.4 cm³/mol. The van der Waals surface area contributed by atoms with Crippen molar-refractivity contribution in [3.05, 3.63) is 0 Å². The van der Waals surface area contributed by atoms with Crippen LogP contribution >= 0.6 is 0 Å². The molecule has 9 heteroatoms. The standard InChI is InChI=1S/Al.Ca.H4N2.H2O4S/c;;1-2;1-5(2,3)4/h;;1-2H2;(H2,1,2,3,4)/q+3;+2;;/p-2. The molecule has 0 bridgehead atoms. The predicted octanol–water partition coefficient (Wildman–Crippen LogP) is -3.28. The van der Waals surface area contributed by atoms with Crippen molar-refractivity contribution in [1.82, 2.24) is 0 Å². The molecule has 6 nitrogen and oxygen atoms in total. The second-order valence-electron chi connectivity index (χ2n) is 0.408. The summed E-state index contributed by atoms with van der Waals surface area (Å²) < 4.78 is 34.1. The molecule has 0 saturated carbocycles. The molecule has 0 aliphatic rings. The van der Waals surface area contributed by atoms with E-state index in [0.717, 1.165) is 0 Å². The Morgan fingerprint density at radius 1 is 1.11 bits per heavy atom. The molecule has 0 radical (unpaired) electrons. The maximum Gasteiger partial charge on any atom is 3.00 e. The van der Waals surface area contributed by atoms with Crippen LogP contribution in [0.2, 0.25) is 0 Å². The van der Waals surface area contributed by atoms with E-state index in [9.17, 15) is 0 Å². The van der Waals surface area contributed by atoms with Crippen LogP contribution < -0.4 is 11.7 Å². The second kappa shape index (κ2) is 12.3. The van der Waals surface area contributed by atoms with Gasteiger partial charge in [-0.2, -0.15) is 0 Å². The first-order chi connectivity index (χ1) is 3.00. The third-order valence-corrected chi connectivity index (χ3v) is 0. The molecule has 0 spiro atoms. The van der Waals surface area contributed by atoms with Crippen molar-refractivity contribution in [2.24, 2.45) is 11.7 Å². The van der Waals surface area contributed by atoms with Crippen LogP contribution in [0.1, 0.15) is 0 Å². The Labute approximate surface area is 93.7 Å². The van der Waals surface area contributed by atoms with E-state index in [0.29, 0.717) is 0 Å². The SMILES string of the molecule is NN.O=S(=O)([O-])[O-].[Al+3].[Ca+2]. The van der Waals surface area contributed by atoms with Gasteiger partial charge in [0.1, 0.15) is 0 Å². The Morgan fingerprint density at radius 2 is 1.11 bits per heavy atom. The Morgan fingerprint density at radius 3 is 1.11 bits per heavy atom. The fourth-order valence-corrected chi connectivity index (χ4v) is 0. The number of nitrogens with two attached hydrogens (primary N) is 2. The molecule has 0 unspecified atom stereocenters. The van der Waals surface area contributed by atoms with Gasteiger partial charge in [-0.1, -0.05) is 0 Å². The summed E-state index contributed by atoms with van der Waals surface area (Å²) in [6.07, 6.45) is 0. The summed E-state index contributed by atoms with van der Waals surface area (Å²) in [4.78, 5) is 0. The van der Waals surface area contributed by atoms with Crippen molar-refractivity contribution >= 4 is 65.5 Å². The fourth-order valence-electron chi connectivity index (χ4n) is 0. The van der Waals surface area contributed by atoms with Gasteiger partial charge in [0, 0.05) is 10.4 Å². The summed E-state index contributed by atoms with van der Waals surface area (Å²) >= 11 is 0. The van der Waals surface area contributed by atoms with Gasteiger partial charge < -0.3 is 9.11 Å². The fraction of sp³-hybridized carbons (Fsp3) is 0. The van der Waals surface area contributed by atoms with Gasteiger partial charge in [-0.15, -0.1) is 0 Å². The van der Waals surface area contributed by atoms with Crippen LogP contribution in [0, 0.1) is 0 Å². The van der Waals surface area contributed by atoms with E-state index in [4.69, 9.17) is 17.5 Å². The van der Waals surface area contributed by atoms with Crippen molar-refractivity contribution in [1.29, 1.82) is 0 Å². The van der Waals surface area contributed by atoms with Crippen molar-refractivity contribution < 1.29 is 17.5 Å². The molecule has 9 heavy (non-hydrogen) atoms. The van der Waals surface area contributed by atoms with Crippen LogP contribution in [0.5, 0.6) is 0 Å². The molecule has 0 fully saturated rings. The van der Waals surface area contributed by atoms with Gasteiger partial charge in [0.25, 0.3) is 0 Å². The Kier molecular flexibility index (Phi) is 30.6. The van der Waals surface area contributed by atoms with Gasteiger partial charge in [-0.25, -0.2) is 0 Å². The molecule has 4 N–H and O–H groups in total. The minimum Gasteiger partial charge on any atom is -0.759 e. The molecule has 0 atom stereocenters. The van der Waals surface area contributed by atoms with Gasteiger partial charge in [0.2, 0.25) is 0 Å². The van der Waals surface area contributed by atoms with E-state index in [2.05, 4.69) is 11.7 Å². The first-order valence-corrected chi connectivity index (χ1v) is 2.33. The summed E-state index contributed by atoms with van der Waals surface area (Å²) in [5.41, 5.74) is 0. The number of hydrogen-bond acceptors (Lipinski definition) is 6. The van der Waals surface area contributed by atoms with Gasteiger partial charge >= 0.3 is 55.1 Å². The average Bonchev–Trinajstić information content (AvgIpc) is 1.36. The Balaban J connectivity index is -0.0000000286. The second-order valence-corrected chi connectivity index (χ2v) is 1.22. The van der Waals surface area contributed by atoms with E-state index in [1.54, 1.807) is 0 Å². The zero-order valence-corrected chi connectivity index (χ0v) is 8.66. The van der Waals surface area contributed by atoms with Gasteiger partial charge in [-0.3, -0.25) is 20.1 Å². The van der Waals surface area contributed by atoms with Crippen LogP contribution in [0.15, 0.2) is 0 Å². The summed E-state index contributed by atoms with van der Waals surface area (Å²) in [5.74, 6) is 8.00. The maximum atomic E-state index is 8.52. The smallest absolute Gasteiger partial charge is 0.759 e. The quantitative estimate of drug-likeness (QED) is 0.137. The Bertz CT molecular complexity index is 102. The van der Waals surface area contributed by atoms with E-state index in [-0.39, 0.29) is 55.1 Å². The number of hydrazine groups is 1. The normalized spacial score (nSPS) is 7.11. The number of hydrogen-bond donors (Lipinski definition) is 2. The van der Waals surface area contributed by atoms with Crippen molar-refractivity contribution in [2.75, 3.05) is 0 Å². The molecular weight excluding hydrogens is 191 g/mol. The third kappa shape index (κ3) is 220. The minimum absolute atomic E-state index is 0. The van der Waals surface area contributed by atoms with Crippen LogP contribution in [0.3, 0.4) is 0 Å². The van der Waals surface area contributed by atoms with Crippen LogP contribution in [0.4, 0.5) is 0 Å². The molecule has 0 heterocycles. The molecular formula is H4AlCaN2O4S+3. The van der Waals surface area contributed by atoms with E-state index < -0.39 is 10.4 Å². The summed E-state index contributed by atoms with van der Waals surface area (Å²) in [7, 11) is -5.17. The Hall–Kier alpha value is 1.58. The van der Waals surface area contributed by atoms with Crippen molar-refractivity contribution in [3.63, 3.8) is 0 Å². The molecule has 0 aromatic heterocycles. The topological polar surface area (TPSA) is 132 Å². The van der Waals surface area contributed by atoms with Gasteiger partial charge in [0.05, 0.1) is 0 Å². The third-order valence-electron chi connectivity index (χ3n) is 0. The van der Waals surface area contributed by atoms with Crippen LogP contribution in [-0.4, -0.2) is 72.6 Å². The van der Waals surface area contributed by atoms with Gasteiger partial charge in [-0.05, 0) is 0 Å². The van der Waals surface area contributed by atoms with E-state index >= 15 is 0 Å². The monoisotopic (exact) mass is 195 g/mol. The summed E-state index contributed by atoms with van der Waals surface area (Å²) in [6.45, 7) is 0. The molecule has 0 saturated heterocycles. The van der Waals surface area contributed by atoms with E-state index in [1.165, 1.54) is 0 Å². The molecule has 0 amide bonds.